The summed E-state index contributed by atoms with van der Waals surface area (Å²) in [4.78, 5) is 14.9. The molecule has 12 heteroatoms. The highest BCUT2D eigenvalue weighted by molar-refractivity contribution is 7.89. The molecule has 1 fully saturated rings. The van der Waals surface area contributed by atoms with Crippen molar-refractivity contribution in [1.82, 2.24) is 14.4 Å². The van der Waals surface area contributed by atoms with Gasteiger partial charge >= 0.3 is 5.69 Å². The maximum absolute atomic E-state index is 12.8. The third-order valence-electron chi connectivity index (χ3n) is 4.58. The van der Waals surface area contributed by atoms with Gasteiger partial charge < -0.3 is 14.0 Å². The molecule has 2 aromatic carbocycles. The molecule has 0 unspecified atom stereocenters. The minimum atomic E-state index is -3.88. The number of aromatic nitrogens is 2. The molecule has 3 aromatic rings. The lowest BCUT2D eigenvalue weighted by molar-refractivity contribution is -0.385. The molecule has 0 N–H and O–H groups in total. The first-order valence-electron chi connectivity index (χ1n) is 9.29. The van der Waals surface area contributed by atoms with Gasteiger partial charge in [0.2, 0.25) is 27.5 Å². The summed E-state index contributed by atoms with van der Waals surface area (Å²) >= 11 is 0. The third kappa shape index (κ3) is 4.40. The van der Waals surface area contributed by atoms with E-state index in [2.05, 4.69) is 10.1 Å². The molecule has 0 radical (unpaired) electrons. The lowest BCUT2D eigenvalue weighted by atomic mass is 10.2. The minimum Gasteiger partial charge on any atom is -0.450 e. The number of rotatable bonds is 6. The third-order valence-corrected chi connectivity index (χ3v) is 6.48. The summed E-state index contributed by atoms with van der Waals surface area (Å²) < 4.78 is 42.7. The average Bonchev–Trinajstić information content (AvgIpc) is 3.21. The van der Waals surface area contributed by atoms with Gasteiger partial charge in [-0.05, 0) is 24.3 Å². The fraction of sp³-hybridized carbons (Fsp3) is 0.263. The van der Waals surface area contributed by atoms with Gasteiger partial charge in [-0.3, -0.25) is 10.1 Å². The molecule has 0 atom stereocenters. The Kier molecular flexibility index (Phi) is 5.67. The molecule has 1 saturated heterocycles. The highest BCUT2D eigenvalue weighted by Crippen LogP contribution is 2.35. The molecule has 0 spiro atoms. The summed E-state index contributed by atoms with van der Waals surface area (Å²) in [5, 5.41) is 15.5. The summed E-state index contributed by atoms with van der Waals surface area (Å²) in [6, 6.07) is 10.2. The van der Waals surface area contributed by atoms with Gasteiger partial charge in [0.05, 0.1) is 23.0 Å². The number of morpholine rings is 1. The van der Waals surface area contributed by atoms with E-state index in [0.29, 0.717) is 23.0 Å². The van der Waals surface area contributed by atoms with Crippen LogP contribution < -0.4 is 4.74 Å². The summed E-state index contributed by atoms with van der Waals surface area (Å²) in [6.07, 6.45) is 0. The molecule has 11 nitrogen and oxygen atoms in total. The lowest BCUT2D eigenvalue weighted by Crippen LogP contribution is -2.40. The second-order valence-corrected chi connectivity index (χ2v) is 8.61. The maximum Gasteiger partial charge on any atom is 0.312 e. The number of aryl methyl sites for hydroxylation is 1. The van der Waals surface area contributed by atoms with Crippen LogP contribution in [0.5, 0.6) is 11.5 Å². The number of hydrogen-bond donors (Lipinski definition) is 0. The molecule has 162 valence electrons. The molecule has 31 heavy (non-hydrogen) atoms. The number of nitro benzene ring substituents is 1. The Morgan fingerprint density at radius 2 is 1.94 bits per heavy atom. The van der Waals surface area contributed by atoms with Gasteiger partial charge in [-0.2, -0.15) is 9.29 Å². The number of sulfonamides is 1. The second-order valence-electron chi connectivity index (χ2n) is 6.67. The van der Waals surface area contributed by atoms with Crippen molar-refractivity contribution in [3.63, 3.8) is 0 Å². The molecule has 0 amide bonds. The Balaban J connectivity index is 1.64. The summed E-state index contributed by atoms with van der Waals surface area (Å²) in [5.41, 5.74) is 0.138. The minimum absolute atomic E-state index is 0.0904. The average molecular weight is 446 g/mol. The van der Waals surface area contributed by atoms with Crippen molar-refractivity contribution in [3.05, 3.63) is 58.5 Å². The van der Waals surface area contributed by atoms with Crippen LogP contribution in [0.4, 0.5) is 5.69 Å². The SMILES string of the molecule is Cc1nc(-c2cccc(Oc3ccc(S(=O)(=O)N4CCOCC4)cc3[N+](=O)[O-])c2)no1. The summed E-state index contributed by atoms with van der Waals surface area (Å²) in [7, 11) is -3.88. The quantitative estimate of drug-likeness (QED) is 0.413. The highest BCUT2D eigenvalue weighted by atomic mass is 32.2. The van der Waals surface area contributed by atoms with E-state index in [1.54, 1.807) is 31.2 Å². The molecule has 4 rings (SSSR count). The van der Waals surface area contributed by atoms with E-state index in [9.17, 15) is 18.5 Å². The van der Waals surface area contributed by atoms with Crippen LogP contribution in [-0.2, 0) is 14.8 Å². The van der Waals surface area contributed by atoms with E-state index in [1.807, 2.05) is 0 Å². The molecular weight excluding hydrogens is 428 g/mol. The normalized spacial score (nSPS) is 15.0. The highest BCUT2D eigenvalue weighted by Gasteiger charge is 2.29. The first-order chi connectivity index (χ1) is 14.8. The lowest BCUT2D eigenvalue weighted by Gasteiger charge is -2.26. The standard InChI is InChI=1S/C19H18N4O7S/c1-13-20-19(21-30-13)14-3-2-4-15(11-14)29-18-6-5-16(12-17(18)23(24)25)31(26,27)22-7-9-28-10-8-22/h2-6,11-12H,7-10H2,1H3. The van der Waals surface area contributed by atoms with Crippen LogP contribution in [-0.4, -0.2) is 54.1 Å². The zero-order valence-corrected chi connectivity index (χ0v) is 17.2. The van der Waals surface area contributed by atoms with E-state index in [0.717, 1.165) is 6.07 Å². The predicted molar refractivity (Wildman–Crippen MR) is 107 cm³/mol. The van der Waals surface area contributed by atoms with Gasteiger partial charge in [0.1, 0.15) is 5.75 Å². The van der Waals surface area contributed by atoms with E-state index in [4.69, 9.17) is 14.0 Å². The largest absolute Gasteiger partial charge is 0.450 e. The topological polar surface area (TPSA) is 138 Å². The van der Waals surface area contributed by atoms with Crippen LogP contribution in [0.2, 0.25) is 0 Å². The smallest absolute Gasteiger partial charge is 0.312 e. The Labute approximate surface area is 177 Å². The predicted octanol–water partition coefficient (Wildman–Crippen LogP) is 2.77. The molecular formula is C19H18N4O7S. The van der Waals surface area contributed by atoms with Crippen molar-refractivity contribution in [2.75, 3.05) is 26.3 Å². The van der Waals surface area contributed by atoms with Crippen LogP contribution in [0.1, 0.15) is 5.89 Å². The fourth-order valence-corrected chi connectivity index (χ4v) is 4.49. The molecule has 0 aliphatic carbocycles. The van der Waals surface area contributed by atoms with Crippen LogP contribution in [0.25, 0.3) is 11.4 Å². The van der Waals surface area contributed by atoms with Gasteiger partial charge in [-0.15, -0.1) is 0 Å². The molecule has 2 heterocycles. The van der Waals surface area contributed by atoms with Gasteiger partial charge in [-0.1, -0.05) is 17.3 Å². The van der Waals surface area contributed by atoms with Crippen molar-refractivity contribution in [1.29, 1.82) is 0 Å². The van der Waals surface area contributed by atoms with Crippen LogP contribution in [0.3, 0.4) is 0 Å². The van der Waals surface area contributed by atoms with E-state index < -0.39 is 20.6 Å². The van der Waals surface area contributed by atoms with E-state index in [1.165, 1.54) is 16.4 Å². The summed E-state index contributed by atoms with van der Waals surface area (Å²) in [6.45, 7) is 2.59. The summed E-state index contributed by atoms with van der Waals surface area (Å²) in [5.74, 6) is 0.956. The first-order valence-corrected chi connectivity index (χ1v) is 10.7. The van der Waals surface area contributed by atoms with E-state index >= 15 is 0 Å². The maximum atomic E-state index is 12.8. The van der Waals surface area contributed by atoms with Gasteiger partial charge in [-0.25, -0.2) is 8.42 Å². The van der Waals surface area contributed by atoms with E-state index in [-0.39, 0.29) is 36.9 Å². The first kappa shape index (κ1) is 20.9. The number of ether oxygens (including phenoxy) is 2. The number of benzene rings is 2. The molecule has 0 saturated carbocycles. The Morgan fingerprint density at radius 1 is 1.16 bits per heavy atom. The zero-order valence-electron chi connectivity index (χ0n) is 16.4. The zero-order chi connectivity index (χ0) is 22.0. The van der Waals surface area contributed by atoms with Crippen molar-refractivity contribution >= 4 is 15.7 Å². The monoisotopic (exact) mass is 446 g/mol. The number of nitrogens with zero attached hydrogens (tertiary/aromatic N) is 4. The number of hydrogen-bond acceptors (Lipinski definition) is 9. The fourth-order valence-electron chi connectivity index (χ4n) is 3.06. The van der Waals surface area contributed by atoms with Gasteiger partial charge in [0.15, 0.2) is 0 Å². The molecule has 0 bridgehead atoms. The number of nitro groups is 1. The Morgan fingerprint density at radius 3 is 2.61 bits per heavy atom. The molecule has 1 aliphatic rings. The van der Waals surface area contributed by atoms with Crippen molar-refractivity contribution in [2.24, 2.45) is 0 Å². The van der Waals surface area contributed by atoms with Crippen molar-refractivity contribution in [2.45, 2.75) is 11.8 Å². The second kappa shape index (κ2) is 8.41. The van der Waals surface area contributed by atoms with Crippen LogP contribution >= 0.6 is 0 Å². The van der Waals surface area contributed by atoms with Gasteiger partial charge in [0.25, 0.3) is 0 Å². The molecule has 1 aromatic heterocycles. The van der Waals surface area contributed by atoms with Crippen molar-refractivity contribution < 1.29 is 27.3 Å². The Bertz CT molecular complexity index is 1220. The van der Waals surface area contributed by atoms with Crippen LogP contribution in [0, 0.1) is 17.0 Å². The van der Waals surface area contributed by atoms with Crippen molar-refractivity contribution in [3.8, 4) is 22.9 Å². The van der Waals surface area contributed by atoms with Crippen LogP contribution in [0.15, 0.2) is 51.9 Å². The van der Waals surface area contributed by atoms with Gasteiger partial charge in [0, 0.05) is 31.6 Å². The Hall–Kier alpha value is -3.35. The molecule has 1 aliphatic heterocycles.